The second-order valence-corrected chi connectivity index (χ2v) is 5.61. The van der Waals surface area contributed by atoms with Crippen molar-refractivity contribution in [1.82, 2.24) is 0 Å². The van der Waals surface area contributed by atoms with Crippen LogP contribution in [0.2, 0.25) is 5.02 Å². The molecule has 1 heterocycles. The Kier molecular flexibility index (Phi) is 5.30. The van der Waals surface area contributed by atoms with Crippen molar-refractivity contribution in [2.24, 2.45) is 0 Å². The van der Waals surface area contributed by atoms with Gasteiger partial charge in [-0.2, -0.15) is 0 Å². The van der Waals surface area contributed by atoms with Crippen LogP contribution in [-0.4, -0.2) is 17.3 Å². The number of nitrogens with zero attached hydrogens (tertiary/aromatic N) is 1. The Morgan fingerprint density at radius 2 is 2.19 bits per heavy atom. The van der Waals surface area contributed by atoms with E-state index < -0.39 is 4.92 Å². The minimum Gasteiger partial charge on any atom is -0.487 e. The number of rotatable bonds is 7. The zero-order valence-electron chi connectivity index (χ0n) is 11.0. The Labute approximate surface area is 130 Å². The molecule has 7 heteroatoms. The smallest absolute Gasteiger partial charge is 0.312 e. The Bertz CT molecular complexity index is 642. The van der Waals surface area contributed by atoms with E-state index in [9.17, 15) is 14.9 Å². The Balaban J connectivity index is 1.86. The average molecular weight is 326 g/mol. The summed E-state index contributed by atoms with van der Waals surface area (Å²) in [6.45, 7) is 0.236. The first-order valence-corrected chi connectivity index (χ1v) is 7.47. The number of hydrogen-bond donors (Lipinski definition) is 0. The maximum absolute atomic E-state index is 11.8. The van der Waals surface area contributed by atoms with Gasteiger partial charge in [0.15, 0.2) is 11.5 Å². The summed E-state index contributed by atoms with van der Waals surface area (Å²) < 4.78 is 5.37. The highest BCUT2D eigenvalue weighted by Crippen LogP contribution is 2.30. The lowest BCUT2D eigenvalue weighted by molar-refractivity contribution is -0.385. The molecule has 0 saturated heterocycles. The minimum absolute atomic E-state index is 0.0548. The summed E-state index contributed by atoms with van der Waals surface area (Å²) >= 11 is 7.12. The molecule has 0 aliphatic carbocycles. The second kappa shape index (κ2) is 7.19. The zero-order chi connectivity index (χ0) is 15.2. The SMILES string of the molecule is O=C(CCCOc1ccc(Cl)cc1[N+](=O)[O-])c1cccs1. The lowest BCUT2D eigenvalue weighted by atomic mass is 10.2. The van der Waals surface area contributed by atoms with Gasteiger partial charge in [0.25, 0.3) is 0 Å². The molecule has 0 spiro atoms. The van der Waals surface area contributed by atoms with E-state index in [0.29, 0.717) is 17.7 Å². The zero-order valence-corrected chi connectivity index (χ0v) is 12.5. The summed E-state index contributed by atoms with van der Waals surface area (Å²) in [5, 5.41) is 13.0. The predicted octanol–water partition coefficient (Wildman–Crippen LogP) is 4.35. The molecule has 0 bridgehead atoms. The number of nitro groups is 1. The molecule has 5 nitrogen and oxygen atoms in total. The van der Waals surface area contributed by atoms with Crippen molar-refractivity contribution in [3.8, 4) is 5.75 Å². The number of ketones is 1. The molecule has 0 amide bonds. The molecule has 0 atom stereocenters. The Hall–Kier alpha value is -1.92. The van der Waals surface area contributed by atoms with Crippen molar-refractivity contribution in [1.29, 1.82) is 0 Å². The fourth-order valence-electron chi connectivity index (χ4n) is 1.73. The third-order valence-corrected chi connectivity index (χ3v) is 3.87. The summed E-state index contributed by atoms with van der Waals surface area (Å²) in [5.74, 6) is 0.215. The number of ether oxygens (including phenoxy) is 1. The number of nitro benzene ring substituents is 1. The van der Waals surface area contributed by atoms with Crippen LogP contribution in [0, 0.1) is 10.1 Å². The monoisotopic (exact) mass is 325 g/mol. The van der Waals surface area contributed by atoms with E-state index in [2.05, 4.69) is 0 Å². The van der Waals surface area contributed by atoms with Crippen molar-refractivity contribution in [3.05, 3.63) is 55.7 Å². The van der Waals surface area contributed by atoms with Gasteiger partial charge >= 0.3 is 5.69 Å². The molecular weight excluding hydrogens is 314 g/mol. The van der Waals surface area contributed by atoms with Crippen molar-refractivity contribution in [2.45, 2.75) is 12.8 Å². The molecule has 0 radical (unpaired) electrons. The first-order valence-electron chi connectivity index (χ1n) is 6.21. The van der Waals surface area contributed by atoms with Gasteiger partial charge in [-0.05, 0) is 30.0 Å². The van der Waals surface area contributed by atoms with E-state index >= 15 is 0 Å². The highest BCUT2D eigenvalue weighted by molar-refractivity contribution is 7.12. The average Bonchev–Trinajstić information content (AvgIpc) is 2.98. The molecule has 0 aliphatic rings. The van der Waals surface area contributed by atoms with E-state index in [1.165, 1.54) is 29.5 Å². The summed E-state index contributed by atoms with van der Waals surface area (Å²) in [7, 11) is 0. The summed E-state index contributed by atoms with van der Waals surface area (Å²) in [6, 6.07) is 7.83. The molecular formula is C14H12ClNO4S. The molecule has 1 aromatic carbocycles. The van der Waals surface area contributed by atoms with E-state index in [-0.39, 0.29) is 28.8 Å². The fourth-order valence-corrected chi connectivity index (χ4v) is 2.59. The van der Waals surface area contributed by atoms with Gasteiger partial charge in [-0.15, -0.1) is 11.3 Å². The second-order valence-electron chi connectivity index (χ2n) is 4.22. The van der Waals surface area contributed by atoms with E-state index in [1.54, 1.807) is 6.07 Å². The topological polar surface area (TPSA) is 69.4 Å². The number of halogens is 1. The van der Waals surface area contributed by atoms with Crippen LogP contribution in [0.5, 0.6) is 5.75 Å². The first-order chi connectivity index (χ1) is 10.1. The van der Waals surface area contributed by atoms with Gasteiger partial charge in [0, 0.05) is 17.5 Å². The number of benzene rings is 1. The van der Waals surface area contributed by atoms with Crippen molar-refractivity contribution < 1.29 is 14.5 Å². The lowest BCUT2D eigenvalue weighted by Gasteiger charge is -2.06. The van der Waals surface area contributed by atoms with Crippen molar-refractivity contribution in [3.63, 3.8) is 0 Å². The van der Waals surface area contributed by atoms with Crippen LogP contribution in [0.1, 0.15) is 22.5 Å². The summed E-state index contributed by atoms with van der Waals surface area (Å²) in [5.41, 5.74) is -0.174. The van der Waals surface area contributed by atoms with E-state index in [0.717, 1.165) is 0 Å². The maximum Gasteiger partial charge on any atom is 0.312 e. The largest absolute Gasteiger partial charge is 0.487 e. The van der Waals surface area contributed by atoms with Crippen molar-refractivity contribution in [2.75, 3.05) is 6.61 Å². The van der Waals surface area contributed by atoms with Crippen molar-refractivity contribution >= 4 is 34.4 Å². The molecule has 1 aromatic heterocycles. The molecule has 21 heavy (non-hydrogen) atoms. The highest BCUT2D eigenvalue weighted by atomic mass is 35.5. The Morgan fingerprint density at radius 3 is 2.86 bits per heavy atom. The van der Waals surface area contributed by atoms with Crippen LogP contribution in [0.15, 0.2) is 35.7 Å². The lowest BCUT2D eigenvalue weighted by Crippen LogP contribution is -2.04. The van der Waals surface area contributed by atoms with Gasteiger partial charge < -0.3 is 4.74 Å². The minimum atomic E-state index is -0.544. The van der Waals surface area contributed by atoms with Crippen LogP contribution in [0.4, 0.5) is 5.69 Å². The fraction of sp³-hybridized carbons (Fsp3) is 0.214. The van der Waals surface area contributed by atoms with Gasteiger partial charge in [0.1, 0.15) is 0 Å². The van der Waals surface area contributed by atoms with Gasteiger partial charge in [-0.1, -0.05) is 17.7 Å². The molecule has 0 N–H and O–H groups in total. The van der Waals surface area contributed by atoms with Crippen LogP contribution >= 0.6 is 22.9 Å². The van der Waals surface area contributed by atoms with Crippen LogP contribution < -0.4 is 4.74 Å². The molecule has 110 valence electrons. The van der Waals surface area contributed by atoms with E-state index in [4.69, 9.17) is 16.3 Å². The van der Waals surface area contributed by atoms with Gasteiger partial charge in [0.2, 0.25) is 0 Å². The standard InChI is InChI=1S/C14H12ClNO4S/c15-10-5-6-13(11(9-10)16(18)19)20-7-1-3-12(17)14-4-2-8-21-14/h2,4-6,8-9H,1,3,7H2. The predicted molar refractivity (Wildman–Crippen MR) is 81.5 cm³/mol. The third-order valence-electron chi connectivity index (χ3n) is 2.72. The van der Waals surface area contributed by atoms with Gasteiger partial charge in [0.05, 0.1) is 16.4 Å². The molecule has 0 aliphatic heterocycles. The van der Waals surface area contributed by atoms with Crippen LogP contribution in [0.3, 0.4) is 0 Å². The molecule has 0 saturated carbocycles. The van der Waals surface area contributed by atoms with Crippen LogP contribution in [0.25, 0.3) is 0 Å². The number of thiophene rings is 1. The maximum atomic E-state index is 11.8. The molecule has 0 fully saturated rings. The van der Waals surface area contributed by atoms with Gasteiger partial charge in [-0.25, -0.2) is 0 Å². The first kappa shape index (κ1) is 15.5. The molecule has 2 aromatic rings. The van der Waals surface area contributed by atoms with Gasteiger partial charge in [-0.3, -0.25) is 14.9 Å². The number of hydrogen-bond acceptors (Lipinski definition) is 5. The normalized spacial score (nSPS) is 10.3. The number of carbonyl (C=O) groups is 1. The summed E-state index contributed by atoms with van der Waals surface area (Å²) in [4.78, 5) is 22.8. The molecule has 2 rings (SSSR count). The number of Topliss-reactive ketones (excluding diaryl/α,β-unsaturated/α-hetero) is 1. The van der Waals surface area contributed by atoms with Crippen LogP contribution in [-0.2, 0) is 0 Å². The number of carbonyl (C=O) groups excluding carboxylic acids is 1. The quantitative estimate of drug-likeness (QED) is 0.328. The Morgan fingerprint density at radius 1 is 1.38 bits per heavy atom. The highest BCUT2D eigenvalue weighted by Gasteiger charge is 2.15. The molecule has 0 unspecified atom stereocenters. The third kappa shape index (κ3) is 4.27. The summed E-state index contributed by atoms with van der Waals surface area (Å²) in [6.07, 6.45) is 0.846. The van der Waals surface area contributed by atoms with E-state index in [1.807, 2.05) is 11.4 Å².